The second-order valence-electron chi connectivity index (χ2n) is 5.60. The molecule has 0 saturated heterocycles. The molecule has 2 rings (SSSR count). The van der Waals surface area contributed by atoms with Crippen LogP contribution in [-0.2, 0) is 0 Å². The van der Waals surface area contributed by atoms with Crippen molar-refractivity contribution in [1.82, 2.24) is 0 Å². The number of benzene rings is 2. The van der Waals surface area contributed by atoms with Gasteiger partial charge < -0.3 is 0 Å². The van der Waals surface area contributed by atoms with Crippen molar-refractivity contribution >= 4 is 15.9 Å². The van der Waals surface area contributed by atoms with E-state index in [-0.39, 0.29) is 4.83 Å². The molecular formula is C18H21Br. The van der Waals surface area contributed by atoms with Crippen LogP contribution in [0.25, 0.3) is 0 Å². The van der Waals surface area contributed by atoms with E-state index >= 15 is 0 Å². The molecule has 0 fully saturated rings. The predicted octanol–water partition coefficient (Wildman–Crippen LogP) is 5.71. The minimum atomic E-state index is 0.270. The van der Waals surface area contributed by atoms with Gasteiger partial charge in [0.15, 0.2) is 0 Å². The van der Waals surface area contributed by atoms with E-state index in [2.05, 4.69) is 80.9 Å². The number of aryl methyl sites for hydroxylation is 5. The monoisotopic (exact) mass is 316 g/mol. The molecule has 2 aromatic rings. The Hall–Kier alpha value is -1.08. The fourth-order valence-corrected chi connectivity index (χ4v) is 3.90. The molecule has 0 aliphatic carbocycles. The first-order valence-corrected chi connectivity index (χ1v) is 7.60. The summed E-state index contributed by atoms with van der Waals surface area (Å²) in [6, 6.07) is 11.3. The van der Waals surface area contributed by atoms with Crippen LogP contribution in [0.15, 0.2) is 30.3 Å². The smallest absolute Gasteiger partial charge is 0.0649 e. The van der Waals surface area contributed by atoms with Crippen molar-refractivity contribution < 1.29 is 0 Å². The van der Waals surface area contributed by atoms with Crippen LogP contribution in [0.2, 0.25) is 0 Å². The summed E-state index contributed by atoms with van der Waals surface area (Å²) in [6.07, 6.45) is 0. The fraction of sp³-hybridized carbons (Fsp3) is 0.333. The van der Waals surface area contributed by atoms with E-state index < -0.39 is 0 Å². The summed E-state index contributed by atoms with van der Waals surface area (Å²) < 4.78 is 0. The summed E-state index contributed by atoms with van der Waals surface area (Å²) in [6.45, 7) is 10.9. The van der Waals surface area contributed by atoms with Crippen molar-refractivity contribution in [1.29, 1.82) is 0 Å². The molecule has 0 bridgehead atoms. The van der Waals surface area contributed by atoms with E-state index in [4.69, 9.17) is 0 Å². The normalized spacial score (nSPS) is 12.5. The van der Waals surface area contributed by atoms with Crippen LogP contribution in [0.5, 0.6) is 0 Å². The summed E-state index contributed by atoms with van der Waals surface area (Å²) in [5.41, 5.74) is 9.43. The molecule has 0 amide bonds. The Balaban J connectivity index is 2.52. The van der Waals surface area contributed by atoms with Crippen molar-refractivity contribution in [3.8, 4) is 0 Å². The largest absolute Gasteiger partial charge is 0.0786 e. The third-order valence-electron chi connectivity index (χ3n) is 3.53. The van der Waals surface area contributed by atoms with Gasteiger partial charge in [0.2, 0.25) is 0 Å². The first-order valence-electron chi connectivity index (χ1n) is 6.68. The molecule has 1 unspecified atom stereocenters. The molecule has 0 spiro atoms. The van der Waals surface area contributed by atoms with E-state index in [0.717, 1.165) is 0 Å². The number of rotatable bonds is 2. The Morgan fingerprint density at radius 3 is 1.58 bits per heavy atom. The van der Waals surface area contributed by atoms with E-state index in [1.54, 1.807) is 0 Å². The number of hydrogen-bond donors (Lipinski definition) is 0. The third kappa shape index (κ3) is 3.09. The lowest BCUT2D eigenvalue weighted by Gasteiger charge is -2.18. The summed E-state index contributed by atoms with van der Waals surface area (Å²) in [5, 5.41) is 0. The molecule has 0 saturated carbocycles. The van der Waals surface area contributed by atoms with Gasteiger partial charge in [0.25, 0.3) is 0 Å². The molecule has 0 radical (unpaired) electrons. The predicted molar refractivity (Wildman–Crippen MR) is 87.3 cm³/mol. The Morgan fingerprint density at radius 2 is 1.11 bits per heavy atom. The van der Waals surface area contributed by atoms with E-state index in [1.165, 1.54) is 38.9 Å². The minimum Gasteiger partial charge on any atom is -0.0786 e. The maximum Gasteiger partial charge on any atom is 0.0649 e. The SMILES string of the molecule is Cc1cc(C)cc(C(Br)c2c(C)cc(C)cc2C)c1. The second-order valence-corrected chi connectivity index (χ2v) is 6.51. The Morgan fingerprint density at radius 1 is 0.684 bits per heavy atom. The number of hydrogen-bond acceptors (Lipinski definition) is 0. The summed E-state index contributed by atoms with van der Waals surface area (Å²) in [5.74, 6) is 0. The highest BCUT2D eigenvalue weighted by atomic mass is 79.9. The van der Waals surface area contributed by atoms with Crippen molar-refractivity contribution in [2.24, 2.45) is 0 Å². The van der Waals surface area contributed by atoms with Gasteiger partial charge in [0.05, 0.1) is 4.83 Å². The van der Waals surface area contributed by atoms with Crippen LogP contribution < -0.4 is 0 Å². The zero-order chi connectivity index (χ0) is 14.2. The van der Waals surface area contributed by atoms with Gasteiger partial charge in [0.1, 0.15) is 0 Å². The zero-order valence-electron chi connectivity index (χ0n) is 12.3. The molecule has 0 heterocycles. The highest BCUT2D eigenvalue weighted by Gasteiger charge is 2.16. The van der Waals surface area contributed by atoms with Crippen LogP contribution in [0, 0.1) is 34.6 Å². The summed E-state index contributed by atoms with van der Waals surface area (Å²) in [7, 11) is 0. The standard InChI is InChI=1S/C18H21Br/c1-11-6-12(2)10-16(9-11)18(19)17-14(4)7-13(3)8-15(17)5/h6-10,18H,1-5H3. The summed E-state index contributed by atoms with van der Waals surface area (Å²) in [4.78, 5) is 0.270. The molecule has 19 heavy (non-hydrogen) atoms. The highest BCUT2D eigenvalue weighted by molar-refractivity contribution is 9.09. The first kappa shape index (κ1) is 14.3. The molecule has 0 nitrogen and oxygen atoms in total. The molecule has 0 aliphatic heterocycles. The van der Waals surface area contributed by atoms with Gasteiger partial charge in [-0.1, -0.05) is 63.0 Å². The van der Waals surface area contributed by atoms with Gasteiger partial charge in [-0.3, -0.25) is 0 Å². The van der Waals surface area contributed by atoms with Crippen molar-refractivity contribution in [3.63, 3.8) is 0 Å². The van der Waals surface area contributed by atoms with E-state index in [1.807, 2.05) is 0 Å². The Bertz CT molecular complexity index is 568. The number of alkyl halides is 1. The van der Waals surface area contributed by atoms with Gasteiger partial charge in [-0.2, -0.15) is 0 Å². The lowest BCUT2D eigenvalue weighted by molar-refractivity contribution is 1.09. The maximum atomic E-state index is 3.89. The van der Waals surface area contributed by atoms with Crippen molar-refractivity contribution in [2.45, 2.75) is 39.4 Å². The van der Waals surface area contributed by atoms with Crippen LogP contribution in [-0.4, -0.2) is 0 Å². The van der Waals surface area contributed by atoms with Crippen LogP contribution in [0.1, 0.15) is 43.8 Å². The second kappa shape index (κ2) is 5.50. The number of halogens is 1. The maximum absolute atomic E-state index is 3.89. The molecule has 0 aromatic heterocycles. The molecule has 100 valence electrons. The van der Waals surface area contributed by atoms with Gasteiger partial charge in [-0.15, -0.1) is 0 Å². The lowest BCUT2D eigenvalue weighted by Crippen LogP contribution is -2.01. The average molecular weight is 317 g/mol. The van der Waals surface area contributed by atoms with E-state index in [9.17, 15) is 0 Å². The van der Waals surface area contributed by atoms with Crippen LogP contribution in [0.3, 0.4) is 0 Å². The Labute approximate surface area is 125 Å². The third-order valence-corrected chi connectivity index (χ3v) is 4.51. The zero-order valence-corrected chi connectivity index (χ0v) is 13.9. The molecule has 1 atom stereocenters. The van der Waals surface area contributed by atoms with Gasteiger partial charge in [0, 0.05) is 0 Å². The summed E-state index contributed by atoms with van der Waals surface area (Å²) >= 11 is 3.89. The van der Waals surface area contributed by atoms with Crippen molar-refractivity contribution in [3.05, 3.63) is 69.3 Å². The van der Waals surface area contributed by atoms with E-state index in [0.29, 0.717) is 0 Å². The molecule has 0 N–H and O–H groups in total. The van der Waals surface area contributed by atoms with Gasteiger partial charge in [-0.25, -0.2) is 0 Å². The minimum absolute atomic E-state index is 0.270. The Kier molecular flexibility index (Phi) is 4.15. The van der Waals surface area contributed by atoms with Crippen molar-refractivity contribution in [2.75, 3.05) is 0 Å². The quantitative estimate of drug-likeness (QED) is 0.622. The molecular weight excluding hydrogens is 296 g/mol. The first-order chi connectivity index (χ1) is 8.88. The molecule has 2 aromatic carbocycles. The topological polar surface area (TPSA) is 0 Å². The lowest BCUT2D eigenvalue weighted by atomic mass is 9.93. The molecule has 1 heteroatoms. The van der Waals surface area contributed by atoms with Gasteiger partial charge >= 0.3 is 0 Å². The highest BCUT2D eigenvalue weighted by Crippen LogP contribution is 2.36. The van der Waals surface area contributed by atoms with Crippen LogP contribution >= 0.6 is 15.9 Å². The fourth-order valence-electron chi connectivity index (χ4n) is 2.91. The van der Waals surface area contributed by atoms with Gasteiger partial charge in [-0.05, 0) is 56.9 Å². The average Bonchev–Trinajstić information content (AvgIpc) is 2.25. The molecule has 0 aliphatic rings. The van der Waals surface area contributed by atoms with Crippen LogP contribution in [0.4, 0.5) is 0 Å².